The van der Waals surface area contributed by atoms with Gasteiger partial charge in [0.1, 0.15) is 11.5 Å². The highest BCUT2D eigenvalue weighted by Crippen LogP contribution is 2.29. The fourth-order valence-corrected chi connectivity index (χ4v) is 4.02. The number of ether oxygens (including phenoxy) is 2. The van der Waals surface area contributed by atoms with E-state index in [1.54, 1.807) is 44.6 Å². The van der Waals surface area contributed by atoms with Gasteiger partial charge in [0.05, 0.1) is 24.8 Å². The maximum Gasteiger partial charge on any atom is 0.240 e. The zero-order valence-corrected chi connectivity index (χ0v) is 18.7. The molecule has 0 aliphatic carbocycles. The van der Waals surface area contributed by atoms with Crippen LogP contribution in [0.15, 0.2) is 77.7 Å². The first-order chi connectivity index (χ1) is 14.9. The van der Waals surface area contributed by atoms with E-state index in [1.807, 2.05) is 30.3 Å². The molecule has 0 saturated heterocycles. The van der Waals surface area contributed by atoms with Gasteiger partial charge in [-0.25, -0.2) is 13.1 Å². The fraction of sp³-hybridized carbons (Fsp3) is 0.136. The molecule has 7 nitrogen and oxygen atoms in total. The van der Waals surface area contributed by atoms with Gasteiger partial charge in [-0.1, -0.05) is 30.3 Å². The van der Waals surface area contributed by atoms with E-state index >= 15 is 0 Å². The summed E-state index contributed by atoms with van der Waals surface area (Å²) in [6.45, 7) is 0.222. The van der Waals surface area contributed by atoms with Crippen LogP contribution in [-0.2, 0) is 16.6 Å². The lowest BCUT2D eigenvalue weighted by atomic mass is 10.2. The second-order valence-electron chi connectivity index (χ2n) is 6.48. The number of sulfonamides is 1. The molecule has 0 radical (unpaired) electrons. The summed E-state index contributed by atoms with van der Waals surface area (Å²) in [6.07, 6.45) is 0. The van der Waals surface area contributed by atoms with E-state index in [0.717, 1.165) is 5.56 Å². The monoisotopic (exact) mass is 457 g/mol. The number of hydrogen-bond acceptors (Lipinski definition) is 5. The largest absolute Gasteiger partial charge is 0.497 e. The van der Waals surface area contributed by atoms with Crippen LogP contribution in [0.2, 0.25) is 0 Å². The molecule has 0 aromatic heterocycles. The lowest BCUT2D eigenvalue weighted by molar-refractivity contribution is 0.405. The van der Waals surface area contributed by atoms with Crippen molar-refractivity contribution in [2.45, 2.75) is 11.4 Å². The smallest absolute Gasteiger partial charge is 0.240 e. The fourth-order valence-electron chi connectivity index (χ4n) is 2.77. The average Bonchev–Trinajstić information content (AvgIpc) is 2.78. The molecular formula is C22H23N3O4S2. The highest BCUT2D eigenvalue weighted by molar-refractivity contribution is 7.89. The molecule has 9 heteroatoms. The molecular weight excluding hydrogens is 434 g/mol. The second kappa shape index (κ2) is 10.3. The van der Waals surface area contributed by atoms with Gasteiger partial charge in [-0.05, 0) is 54.2 Å². The Balaban J connectivity index is 1.63. The Bertz CT molecular complexity index is 1140. The van der Waals surface area contributed by atoms with Crippen molar-refractivity contribution >= 4 is 38.7 Å². The first-order valence-electron chi connectivity index (χ1n) is 9.35. The number of rotatable bonds is 8. The molecule has 0 atom stereocenters. The lowest BCUT2D eigenvalue weighted by Gasteiger charge is -2.15. The molecule has 3 N–H and O–H groups in total. The molecule has 0 amide bonds. The van der Waals surface area contributed by atoms with Crippen molar-refractivity contribution in [2.75, 3.05) is 24.9 Å². The normalized spacial score (nSPS) is 10.9. The molecule has 0 spiro atoms. The van der Waals surface area contributed by atoms with Crippen molar-refractivity contribution in [2.24, 2.45) is 0 Å². The summed E-state index contributed by atoms with van der Waals surface area (Å²) in [5.41, 5.74) is 2.17. The Morgan fingerprint density at radius 3 is 2.26 bits per heavy atom. The SMILES string of the molecule is COc1ccc(OC)c(NC(=S)Nc2ccc(S(=O)(=O)NCc3ccccc3)cc2)c1. The molecule has 3 rings (SSSR count). The summed E-state index contributed by atoms with van der Waals surface area (Å²) in [4.78, 5) is 0.169. The maximum absolute atomic E-state index is 12.5. The molecule has 0 saturated carbocycles. The molecule has 31 heavy (non-hydrogen) atoms. The molecule has 0 unspecified atom stereocenters. The Hall–Kier alpha value is -3.14. The summed E-state index contributed by atoms with van der Waals surface area (Å²) >= 11 is 5.36. The molecule has 162 valence electrons. The minimum atomic E-state index is -3.63. The Labute approximate surface area is 187 Å². The average molecular weight is 458 g/mol. The van der Waals surface area contributed by atoms with Gasteiger partial charge in [0.15, 0.2) is 5.11 Å². The number of thiocarbonyl (C=S) groups is 1. The number of benzene rings is 3. The Kier molecular flexibility index (Phi) is 7.45. The minimum absolute atomic E-state index is 0.169. The van der Waals surface area contributed by atoms with Crippen molar-refractivity contribution in [3.63, 3.8) is 0 Å². The van der Waals surface area contributed by atoms with Crippen molar-refractivity contribution in [1.82, 2.24) is 4.72 Å². The van der Waals surface area contributed by atoms with Gasteiger partial charge in [-0.2, -0.15) is 0 Å². The van der Waals surface area contributed by atoms with Crippen LogP contribution in [-0.4, -0.2) is 27.7 Å². The molecule has 0 bridgehead atoms. The van der Waals surface area contributed by atoms with Crippen molar-refractivity contribution in [3.8, 4) is 11.5 Å². The van der Waals surface area contributed by atoms with Gasteiger partial charge in [-0.15, -0.1) is 0 Å². The van der Waals surface area contributed by atoms with Crippen LogP contribution in [0.1, 0.15) is 5.56 Å². The molecule has 3 aromatic carbocycles. The third-order valence-electron chi connectivity index (χ3n) is 4.39. The molecule has 0 heterocycles. The van der Waals surface area contributed by atoms with Crippen LogP contribution in [0, 0.1) is 0 Å². The maximum atomic E-state index is 12.5. The minimum Gasteiger partial charge on any atom is -0.497 e. The number of anilines is 2. The Morgan fingerprint density at radius 1 is 0.903 bits per heavy atom. The standard InChI is InChI=1S/C22H23N3O4S2/c1-28-18-10-13-21(29-2)20(14-18)25-22(30)24-17-8-11-19(12-9-17)31(26,27)23-15-16-6-4-3-5-7-16/h3-14,23H,15H2,1-2H3,(H2,24,25,30). The summed E-state index contributed by atoms with van der Waals surface area (Å²) < 4.78 is 38.2. The topological polar surface area (TPSA) is 88.7 Å². The van der Waals surface area contributed by atoms with Gasteiger partial charge < -0.3 is 20.1 Å². The molecule has 0 aliphatic heterocycles. The van der Waals surface area contributed by atoms with Crippen LogP contribution in [0.3, 0.4) is 0 Å². The van der Waals surface area contributed by atoms with E-state index in [9.17, 15) is 8.42 Å². The first-order valence-corrected chi connectivity index (χ1v) is 11.2. The lowest BCUT2D eigenvalue weighted by Crippen LogP contribution is -2.23. The third-order valence-corrected chi connectivity index (χ3v) is 6.01. The van der Waals surface area contributed by atoms with Gasteiger partial charge in [0.25, 0.3) is 0 Å². The highest BCUT2D eigenvalue weighted by atomic mass is 32.2. The molecule has 0 aliphatic rings. The van der Waals surface area contributed by atoms with Gasteiger partial charge in [0, 0.05) is 18.3 Å². The quantitative estimate of drug-likeness (QED) is 0.441. The van der Waals surface area contributed by atoms with Gasteiger partial charge in [0.2, 0.25) is 10.0 Å². The number of methoxy groups -OCH3 is 2. The van der Waals surface area contributed by atoms with Crippen molar-refractivity contribution in [3.05, 3.63) is 78.4 Å². The van der Waals surface area contributed by atoms with Crippen LogP contribution in [0.4, 0.5) is 11.4 Å². The van der Waals surface area contributed by atoms with Crippen molar-refractivity contribution in [1.29, 1.82) is 0 Å². The second-order valence-corrected chi connectivity index (χ2v) is 8.66. The number of hydrogen-bond donors (Lipinski definition) is 3. The molecule has 3 aromatic rings. The van der Waals surface area contributed by atoms with Crippen LogP contribution in [0.5, 0.6) is 11.5 Å². The highest BCUT2D eigenvalue weighted by Gasteiger charge is 2.14. The zero-order valence-electron chi connectivity index (χ0n) is 17.1. The zero-order chi connectivity index (χ0) is 22.3. The number of nitrogens with one attached hydrogen (secondary N) is 3. The summed E-state index contributed by atoms with van der Waals surface area (Å²) in [7, 11) is -0.486. The van der Waals surface area contributed by atoms with Gasteiger partial charge >= 0.3 is 0 Å². The van der Waals surface area contributed by atoms with Crippen LogP contribution >= 0.6 is 12.2 Å². The Morgan fingerprint density at radius 2 is 1.61 bits per heavy atom. The van der Waals surface area contributed by atoms with Crippen LogP contribution < -0.4 is 24.8 Å². The van der Waals surface area contributed by atoms with Gasteiger partial charge in [-0.3, -0.25) is 0 Å². The predicted octanol–water partition coefficient (Wildman–Crippen LogP) is 3.99. The van der Waals surface area contributed by atoms with E-state index in [1.165, 1.54) is 12.1 Å². The summed E-state index contributed by atoms with van der Waals surface area (Å²) in [5, 5.41) is 6.40. The predicted molar refractivity (Wildman–Crippen MR) is 126 cm³/mol. The summed E-state index contributed by atoms with van der Waals surface area (Å²) in [6, 6.07) is 21.0. The first kappa shape index (κ1) is 22.5. The summed E-state index contributed by atoms with van der Waals surface area (Å²) in [5.74, 6) is 1.26. The third kappa shape index (κ3) is 6.17. The van der Waals surface area contributed by atoms with E-state index in [0.29, 0.717) is 28.0 Å². The van der Waals surface area contributed by atoms with E-state index in [2.05, 4.69) is 15.4 Å². The molecule has 0 fully saturated rings. The van der Waals surface area contributed by atoms with Crippen LogP contribution in [0.25, 0.3) is 0 Å². The van der Waals surface area contributed by atoms with E-state index < -0.39 is 10.0 Å². The van der Waals surface area contributed by atoms with Crippen molar-refractivity contribution < 1.29 is 17.9 Å². The van der Waals surface area contributed by atoms with E-state index in [-0.39, 0.29) is 11.4 Å². The van der Waals surface area contributed by atoms with E-state index in [4.69, 9.17) is 21.7 Å².